The van der Waals surface area contributed by atoms with Gasteiger partial charge in [-0.3, -0.25) is 14.0 Å². The second kappa shape index (κ2) is 6.99. The molecule has 0 fully saturated rings. The zero-order valence-corrected chi connectivity index (χ0v) is 16.0. The first-order valence-corrected chi connectivity index (χ1v) is 9.22. The van der Waals surface area contributed by atoms with E-state index in [1.54, 1.807) is 18.3 Å². The summed E-state index contributed by atoms with van der Waals surface area (Å²) in [4.78, 5) is 29.8. The Morgan fingerprint density at radius 3 is 3.00 bits per heavy atom. The topological polar surface area (TPSA) is 81.9 Å². The van der Waals surface area contributed by atoms with Gasteiger partial charge in [0.15, 0.2) is 0 Å². The molecule has 0 aliphatic carbocycles. The molecule has 4 rings (SSSR count). The third kappa shape index (κ3) is 3.19. The van der Waals surface area contributed by atoms with Crippen LogP contribution in [0.4, 0.5) is 5.69 Å². The van der Waals surface area contributed by atoms with Crippen LogP contribution in [0.3, 0.4) is 0 Å². The molecule has 3 heterocycles. The fraction of sp³-hybridized carbons (Fsp3) is 0.286. The molecule has 0 radical (unpaired) electrons. The second-order valence-corrected chi connectivity index (χ2v) is 6.89. The van der Waals surface area contributed by atoms with Crippen LogP contribution in [0.15, 0.2) is 41.5 Å². The van der Waals surface area contributed by atoms with E-state index < -0.39 is 11.5 Å². The van der Waals surface area contributed by atoms with Crippen molar-refractivity contribution in [3.05, 3.63) is 63.7 Å². The fourth-order valence-corrected chi connectivity index (χ4v) is 3.34. The first-order chi connectivity index (χ1) is 13.5. The molecular formula is C21H21N3O4. The van der Waals surface area contributed by atoms with Crippen LogP contribution in [0.5, 0.6) is 11.5 Å². The number of nitrogens with zero attached hydrogens (tertiary/aromatic N) is 2. The van der Waals surface area contributed by atoms with Crippen molar-refractivity contribution in [2.75, 3.05) is 11.9 Å². The minimum absolute atomic E-state index is 0.0414. The Morgan fingerprint density at radius 2 is 2.21 bits per heavy atom. The summed E-state index contributed by atoms with van der Waals surface area (Å²) in [7, 11) is 0. The highest BCUT2D eigenvalue weighted by Crippen LogP contribution is 2.38. The van der Waals surface area contributed by atoms with E-state index in [1.807, 2.05) is 32.9 Å². The molecule has 1 atom stereocenters. The van der Waals surface area contributed by atoms with Gasteiger partial charge in [0.25, 0.3) is 11.5 Å². The van der Waals surface area contributed by atoms with Gasteiger partial charge >= 0.3 is 0 Å². The highest BCUT2D eigenvalue weighted by molar-refractivity contribution is 6.04. The number of benzene rings is 1. The molecule has 1 N–H and O–H groups in total. The molecule has 7 nitrogen and oxygen atoms in total. The molecular weight excluding hydrogens is 358 g/mol. The molecule has 1 unspecified atom stereocenters. The number of aromatic nitrogens is 2. The van der Waals surface area contributed by atoms with Gasteiger partial charge in [0, 0.05) is 30.4 Å². The first-order valence-electron chi connectivity index (χ1n) is 9.22. The molecule has 0 saturated heterocycles. The summed E-state index contributed by atoms with van der Waals surface area (Å²) < 4.78 is 12.8. The maximum absolute atomic E-state index is 12.8. The Balaban J connectivity index is 1.71. The maximum atomic E-state index is 12.8. The number of carbonyl (C=O) groups is 1. The predicted octanol–water partition coefficient (Wildman–Crippen LogP) is 2.98. The lowest BCUT2D eigenvalue weighted by Crippen LogP contribution is -2.27. The zero-order valence-electron chi connectivity index (χ0n) is 16.0. The first kappa shape index (κ1) is 18.0. The normalized spacial score (nSPS) is 15.2. The van der Waals surface area contributed by atoms with E-state index in [2.05, 4.69) is 10.3 Å². The van der Waals surface area contributed by atoms with E-state index in [4.69, 9.17) is 9.47 Å². The third-order valence-corrected chi connectivity index (χ3v) is 4.64. The number of nitrogens with one attached hydrogen (secondary N) is 1. The van der Waals surface area contributed by atoms with Crippen LogP contribution in [0.1, 0.15) is 35.3 Å². The second-order valence-electron chi connectivity index (χ2n) is 6.89. The minimum Gasteiger partial charge on any atom is -0.492 e. The summed E-state index contributed by atoms with van der Waals surface area (Å²) in [5.41, 5.74) is 2.43. The van der Waals surface area contributed by atoms with Gasteiger partial charge in [0.2, 0.25) is 0 Å². The van der Waals surface area contributed by atoms with Crippen LogP contribution in [0.25, 0.3) is 5.65 Å². The summed E-state index contributed by atoms with van der Waals surface area (Å²) in [5.74, 6) is 0.729. The van der Waals surface area contributed by atoms with Crippen LogP contribution >= 0.6 is 0 Å². The average Bonchev–Trinajstić information content (AvgIpc) is 3.01. The van der Waals surface area contributed by atoms with Crippen molar-refractivity contribution >= 4 is 17.2 Å². The molecule has 0 saturated carbocycles. The van der Waals surface area contributed by atoms with E-state index >= 15 is 0 Å². The van der Waals surface area contributed by atoms with Crippen LogP contribution in [0.2, 0.25) is 0 Å². The Kier molecular flexibility index (Phi) is 4.50. The average molecular weight is 379 g/mol. The van der Waals surface area contributed by atoms with E-state index in [-0.39, 0.29) is 11.7 Å². The summed E-state index contributed by atoms with van der Waals surface area (Å²) in [6.07, 6.45) is 3.83. The molecule has 2 aromatic heterocycles. The van der Waals surface area contributed by atoms with Gasteiger partial charge in [0.05, 0.1) is 12.3 Å². The predicted molar refractivity (Wildman–Crippen MR) is 106 cm³/mol. The van der Waals surface area contributed by atoms with Gasteiger partial charge < -0.3 is 14.8 Å². The van der Waals surface area contributed by atoms with Gasteiger partial charge in [-0.1, -0.05) is 6.07 Å². The highest BCUT2D eigenvalue weighted by Gasteiger charge is 2.23. The Hall–Kier alpha value is -3.35. The maximum Gasteiger partial charge on any atom is 0.270 e. The van der Waals surface area contributed by atoms with E-state index in [0.717, 1.165) is 23.3 Å². The van der Waals surface area contributed by atoms with E-state index in [0.29, 0.717) is 23.7 Å². The third-order valence-electron chi connectivity index (χ3n) is 4.64. The summed E-state index contributed by atoms with van der Waals surface area (Å²) in [5, 5.41) is 2.78. The van der Waals surface area contributed by atoms with Crippen molar-refractivity contribution in [2.24, 2.45) is 0 Å². The monoisotopic (exact) mass is 379 g/mol. The zero-order chi connectivity index (χ0) is 19.8. The number of carbonyl (C=O) groups excluding carboxylic acids is 1. The fourth-order valence-electron chi connectivity index (χ4n) is 3.34. The molecule has 1 aliphatic heterocycles. The minimum atomic E-state index is -0.541. The van der Waals surface area contributed by atoms with Gasteiger partial charge in [-0.2, -0.15) is 0 Å². The van der Waals surface area contributed by atoms with Crippen LogP contribution in [-0.4, -0.2) is 28.0 Å². The summed E-state index contributed by atoms with van der Waals surface area (Å²) >= 11 is 0. The standard InChI is InChI=1S/C21H21N3O4/c1-4-27-18-8-14-7-13(3)28-17(14)9-16(18)23-20(25)15-10-22-19-6-5-12(2)11-24(19)21(15)26/h5-6,8-11,13H,4,7H2,1-3H3,(H,23,25). The molecule has 1 amide bonds. The molecule has 0 bridgehead atoms. The number of pyridine rings is 1. The molecule has 1 aromatic carbocycles. The Morgan fingerprint density at radius 1 is 1.39 bits per heavy atom. The number of hydrogen-bond donors (Lipinski definition) is 1. The van der Waals surface area contributed by atoms with Gasteiger partial charge in [-0.15, -0.1) is 0 Å². The number of ether oxygens (including phenoxy) is 2. The van der Waals surface area contributed by atoms with Crippen molar-refractivity contribution in [3.63, 3.8) is 0 Å². The van der Waals surface area contributed by atoms with Crippen LogP contribution in [0, 0.1) is 6.92 Å². The van der Waals surface area contributed by atoms with Crippen LogP contribution < -0.4 is 20.3 Å². The van der Waals surface area contributed by atoms with Gasteiger partial charge in [-0.25, -0.2) is 4.98 Å². The molecule has 7 heteroatoms. The number of fused-ring (bicyclic) bond motifs is 2. The highest BCUT2D eigenvalue weighted by atomic mass is 16.5. The molecule has 3 aromatic rings. The van der Waals surface area contributed by atoms with E-state index in [1.165, 1.54) is 10.6 Å². The van der Waals surface area contributed by atoms with E-state index in [9.17, 15) is 9.59 Å². The number of hydrogen-bond acceptors (Lipinski definition) is 5. The number of aryl methyl sites for hydroxylation is 1. The smallest absolute Gasteiger partial charge is 0.270 e. The Bertz CT molecular complexity index is 1140. The number of rotatable bonds is 4. The van der Waals surface area contributed by atoms with Crippen molar-refractivity contribution in [1.29, 1.82) is 0 Å². The van der Waals surface area contributed by atoms with Crippen molar-refractivity contribution in [3.8, 4) is 11.5 Å². The van der Waals surface area contributed by atoms with Crippen molar-refractivity contribution < 1.29 is 14.3 Å². The van der Waals surface area contributed by atoms with Crippen molar-refractivity contribution in [1.82, 2.24) is 9.38 Å². The van der Waals surface area contributed by atoms with Crippen LogP contribution in [-0.2, 0) is 6.42 Å². The molecule has 28 heavy (non-hydrogen) atoms. The summed E-state index contributed by atoms with van der Waals surface area (Å²) in [6.45, 7) is 6.19. The lowest BCUT2D eigenvalue weighted by Gasteiger charge is -2.13. The molecule has 0 spiro atoms. The van der Waals surface area contributed by atoms with Gasteiger partial charge in [0.1, 0.15) is 28.8 Å². The lowest BCUT2D eigenvalue weighted by atomic mass is 10.1. The number of amides is 1. The SMILES string of the molecule is CCOc1cc2c(cc1NC(=O)c1cnc3ccc(C)cn3c1=O)OC(C)C2. The molecule has 144 valence electrons. The quantitative estimate of drug-likeness (QED) is 0.754. The van der Waals surface area contributed by atoms with Crippen molar-refractivity contribution in [2.45, 2.75) is 33.3 Å². The summed E-state index contributed by atoms with van der Waals surface area (Å²) in [6, 6.07) is 7.23. The lowest BCUT2D eigenvalue weighted by molar-refractivity contribution is 0.102. The molecule has 1 aliphatic rings. The number of anilines is 1. The Labute approximate surface area is 161 Å². The van der Waals surface area contributed by atoms with Gasteiger partial charge in [-0.05, 0) is 38.5 Å². The largest absolute Gasteiger partial charge is 0.492 e.